The van der Waals surface area contributed by atoms with Gasteiger partial charge in [-0.05, 0) is 41.9 Å². The van der Waals surface area contributed by atoms with E-state index in [4.69, 9.17) is 4.43 Å². The molecule has 3 nitrogen and oxygen atoms in total. The first-order chi connectivity index (χ1) is 9.56. The second kappa shape index (κ2) is 6.53. The highest BCUT2D eigenvalue weighted by atomic mass is 28.4. The van der Waals surface area contributed by atoms with Crippen LogP contribution < -0.4 is 5.32 Å². The van der Waals surface area contributed by atoms with Gasteiger partial charge >= 0.3 is 0 Å². The molecule has 0 unspecified atom stereocenters. The van der Waals surface area contributed by atoms with E-state index in [-0.39, 0.29) is 10.7 Å². The minimum absolute atomic E-state index is 0.115. The van der Waals surface area contributed by atoms with E-state index in [1.807, 2.05) is 0 Å². The molecule has 0 atom stereocenters. The number of nitrogens with one attached hydrogen (secondary N) is 1. The fourth-order valence-electron chi connectivity index (χ4n) is 1.41. The lowest BCUT2D eigenvalue weighted by Crippen LogP contribution is -2.40. The highest BCUT2D eigenvalue weighted by Crippen LogP contribution is 2.37. The van der Waals surface area contributed by atoms with Crippen molar-refractivity contribution in [2.24, 2.45) is 0 Å². The third kappa shape index (κ3) is 4.79. The highest BCUT2D eigenvalue weighted by molar-refractivity contribution is 6.74. The molecule has 0 aliphatic carbocycles. The molecule has 0 aliphatic heterocycles. The summed E-state index contributed by atoms with van der Waals surface area (Å²) in [5, 5.41) is 2.53. The standard InChI is InChI=1S/C16H24FNO2Si/c1-7-15(19)18-14-9-8-12(10-13(14)17)11-20-21(5,6)16(2,3)4/h7-10H,1,11H2,2-6H3,(H,18,19). The van der Waals surface area contributed by atoms with Crippen molar-refractivity contribution in [3.05, 3.63) is 42.2 Å². The Bertz CT molecular complexity index is 536. The number of anilines is 1. The molecule has 1 rings (SSSR count). The zero-order valence-corrected chi connectivity index (χ0v) is 14.4. The molecule has 0 heterocycles. The summed E-state index contributed by atoms with van der Waals surface area (Å²) in [6.07, 6.45) is 1.11. The molecule has 1 aromatic carbocycles. The van der Waals surface area contributed by atoms with E-state index in [1.54, 1.807) is 12.1 Å². The monoisotopic (exact) mass is 309 g/mol. The normalized spacial score (nSPS) is 12.1. The summed E-state index contributed by atoms with van der Waals surface area (Å²) in [4.78, 5) is 11.2. The molecule has 1 amide bonds. The number of hydrogen-bond donors (Lipinski definition) is 1. The number of halogens is 1. The van der Waals surface area contributed by atoms with Crippen LogP contribution in [0.15, 0.2) is 30.9 Å². The fraction of sp³-hybridized carbons (Fsp3) is 0.438. The third-order valence-electron chi connectivity index (χ3n) is 3.88. The largest absolute Gasteiger partial charge is 0.413 e. The second-order valence-electron chi connectivity index (χ2n) is 6.56. The minimum Gasteiger partial charge on any atom is -0.413 e. The Morgan fingerprint density at radius 1 is 1.43 bits per heavy atom. The van der Waals surface area contributed by atoms with Gasteiger partial charge in [0.05, 0.1) is 12.3 Å². The maximum Gasteiger partial charge on any atom is 0.247 e. The van der Waals surface area contributed by atoms with Gasteiger partial charge in [0, 0.05) is 0 Å². The summed E-state index contributed by atoms with van der Waals surface area (Å²) in [6, 6.07) is 4.70. The van der Waals surface area contributed by atoms with Crippen molar-refractivity contribution in [1.82, 2.24) is 0 Å². The summed E-state index contributed by atoms with van der Waals surface area (Å²) < 4.78 is 20.0. The van der Waals surface area contributed by atoms with Gasteiger partial charge in [0.25, 0.3) is 0 Å². The zero-order chi connectivity index (χ0) is 16.3. The first-order valence-electron chi connectivity index (χ1n) is 6.92. The molecule has 0 fully saturated rings. The lowest BCUT2D eigenvalue weighted by Gasteiger charge is -2.36. The number of benzene rings is 1. The van der Waals surface area contributed by atoms with Crippen LogP contribution in [0.3, 0.4) is 0 Å². The van der Waals surface area contributed by atoms with Crippen molar-refractivity contribution < 1.29 is 13.6 Å². The van der Waals surface area contributed by atoms with E-state index in [1.165, 1.54) is 6.07 Å². The van der Waals surface area contributed by atoms with E-state index in [9.17, 15) is 9.18 Å². The van der Waals surface area contributed by atoms with Crippen LogP contribution >= 0.6 is 0 Å². The topological polar surface area (TPSA) is 38.3 Å². The molecular weight excluding hydrogens is 285 g/mol. The van der Waals surface area contributed by atoms with E-state index in [0.29, 0.717) is 6.61 Å². The van der Waals surface area contributed by atoms with Crippen molar-refractivity contribution in [2.75, 3.05) is 5.32 Å². The lowest BCUT2D eigenvalue weighted by molar-refractivity contribution is -0.111. The van der Waals surface area contributed by atoms with Crippen molar-refractivity contribution in [2.45, 2.75) is 45.5 Å². The minimum atomic E-state index is -1.86. The van der Waals surface area contributed by atoms with Crippen molar-refractivity contribution >= 4 is 19.9 Å². The average molecular weight is 309 g/mol. The number of amides is 1. The van der Waals surface area contributed by atoms with Gasteiger partial charge in [-0.15, -0.1) is 0 Å². The summed E-state index contributed by atoms with van der Waals surface area (Å²) in [5.41, 5.74) is 0.907. The molecular formula is C16H24FNO2Si. The number of hydrogen-bond acceptors (Lipinski definition) is 2. The van der Waals surface area contributed by atoms with Crippen LogP contribution in [0.25, 0.3) is 0 Å². The molecule has 0 bridgehead atoms. The third-order valence-corrected chi connectivity index (χ3v) is 8.36. The zero-order valence-electron chi connectivity index (χ0n) is 13.4. The lowest BCUT2D eigenvalue weighted by atomic mass is 10.2. The Kier molecular flexibility index (Phi) is 5.47. The smallest absolute Gasteiger partial charge is 0.247 e. The molecule has 0 saturated heterocycles. The highest BCUT2D eigenvalue weighted by Gasteiger charge is 2.37. The van der Waals surface area contributed by atoms with Gasteiger partial charge in [-0.2, -0.15) is 0 Å². The van der Waals surface area contributed by atoms with Crippen LogP contribution in [0.4, 0.5) is 10.1 Å². The van der Waals surface area contributed by atoms with Crippen LogP contribution in [-0.2, 0) is 15.8 Å². The average Bonchev–Trinajstić information content (AvgIpc) is 2.37. The Morgan fingerprint density at radius 3 is 2.52 bits per heavy atom. The molecule has 1 N–H and O–H groups in total. The van der Waals surface area contributed by atoms with E-state index in [2.05, 4.69) is 45.8 Å². The fourth-order valence-corrected chi connectivity index (χ4v) is 2.37. The molecule has 116 valence electrons. The van der Waals surface area contributed by atoms with E-state index < -0.39 is 20.0 Å². The van der Waals surface area contributed by atoms with Gasteiger partial charge in [-0.1, -0.05) is 33.4 Å². The van der Waals surface area contributed by atoms with Crippen molar-refractivity contribution in [3.63, 3.8) is 0 Å². The predicted molar refractivity (Wildman–Crippen MR) is 87.2 cm³/mol. The van der Waals surface area contributed by atoms with Gasteiger partial charge in [-0.3, -0.25) is 4.79 Å². The van der Waals surface area contributed by atoms with Gasteiger partial charge in [0.1, 0.15) is 5.82 Å². The Balaban J connectivity index is 2.77. The van der Waals surface area contributed by atoms with Crippen LogP contribution in [0.5, 0.6) is 0 Å². The molecule has 0 aliphatic rings. The van der Waals surface area contributed by atoms with Gasteiger partial charge < -0.3 is 9.74 Å². The van der Waals surface area contributed by atoms with Crippen molar-refractivity contribution in [3.8, 4) is 0 Å². The van der Waals surface area contributed by atoms with Gasteiger partial charge in [-0.25, -0.2) is 4.39 Å². The molecule has 0 saturated carbocycles. The van der Waals surface area contributed by atoms with Crippen LogP contribution in [0, 0.1) is 5.82 Å². The number of carbonyl (C=O) groups is 1. The van der Waals surface area contributed by atoms with E-state index in [0.717, 1.165) is 11.6 Å². The van der Waals surface area contributed by atoms with E-state index >= 15 is 0 Å². The quantitative estimate of drug-likeness (QED) is 0.643. The Hall–Kier alpha value is -1.46. The molecule has 0 spiro atoms. The molecule has 21 heavy (non-hydrogen) atoms. The SMILES string of the molecule is C=CC(=O)Nc1ccc(CO[Si](C)(C)C(C)(C)C)cc1F. The summed E-state index contributed by atoms with van der Waals surface area (Å²) in [7, 11) is -1.86. The maximum atomic E-state index is 13.9. The molecule has 5 heteroatoms. The van der Waals surface area contributed by atoms with Gasteiger partial charge in [0.15, 0.2) is 8.32 Å². The summed E-state index contributed by atoms with van der Waals surface area (Å²) >= 11 is 0. The number of carbonyl (C=O) groups excluding carboxylic acids is 1. The molecule has 0 aromatic heterocycles. The van der Waals surface area contributed by atoms with Crippen molar-refractivity contribution in [1.29, 1.82) is 0 Å². The Morgan fingerprint density at radius 2 is 2.05 bits per heavy atom. The molecule has 0 radical (unpaired) electrons. The summed E-state index contributed by atoms with van der Waals surface area (Å²) in [5.74, 6) is -0.902. The Labute approximate surface area is 127 Å². The van der Waals surface area contributed by atoms with Crippen LogP contribution in [0.2, 0.25) is 18.1 Å². The molecule has 1 aromatic rings. The number of rotatable bonds is 5. The van der Waals surface area contributed by atoms with Crippen LogP contribution in [0.1, 0.15) is 26.3 Å². The first-order valence-corrected chi connectivity index (χ1v) is 9.83. The second-order valence-corrected chi connectivity index (χ2v) is 11.4. The predicted octanol–water partition coefficient (Wildman–Crippen LogP) is 4.47. The first kappa shape index (κ1) is 17.6. The van der Waals surface area contributed by atoms with Crippen LogP contribution in [-0.4, -0.2) is 14.2 Å². The van der Waals surface area contributed by atoms with Gasteiger partial charge in [0.2, 0.25) is 5.91 Å². The summed E-state index contributed by atoms with van der Waals surface area (Å²) in [6.45, 7) is 14.5. The maximum absolute atomic E-state index is 13.9.